The number of rotatable bonds is 5. The van der Waals surface area contributed by atoms with Crippen LogP contribution in [0.1, 0.15) is 18.1 Å². The minimum absolute atomic E-state index is 0.0912. The summed E-state index contributed by atoms with van der Waals surface area (Å²) >= 11 is 0. The summed E-state index contributed by atoms with van der Waals surface area (Å²) in [6.45, 7) is 4.97. The highest BCUT2D eigenvalue weighted by molar-refractivity contribution is 5.88. The van der Waals surface area contributed by atoms with E-state index in [9.17, 15) is 9.18 Å². The number of carbonyl (C=O) groups is 1. The van der Waals surface area contributed by atoms with Crippen LogP contribution in [0.4, 0.5) is 4.39 Å². The molecule has 2 rings (SSSR count). The van der Waals surface area contributed by atoms with Gasteiger partial charge in [0.05, 0.1) is 7.11 Å². The van der Waals surface area contributed by atoms with Gasteiger partial charge in [0.2, 0.25) is 0 Å². The molecule has 2 aromatic carbocycles. The molecule has 0 N–H and O–H groups in total. The standard InChI is InChI=1S/C18H17FO3/c1-12(2)18(20)22-17-9-6-14(11-16(17)19)10-13-4-7-15(21-3)8-5-13/h4-9,11H,1,10H2,2-3H3. The van der Waals surface area contributed by atoms with Gasteiger partial charge in [-0.2, -0.15) is 0 Å². The molecule has 22 heavy (non-hydrogen) atoms. The molecule has 3 nitrogen and oxygen atoms in total. The summed E-state index contributed by atoms with van der Waals surface area (Å²) in [6.07, 6.45) is 0.579. The van der Waals surface area contributed by atoms with E-state index in [1.165, 1.54) is 19.1 Å². The van der Waals surface area contributed by atoms with Crippen LogP contribution in [0.15, 0.2) is 54.6 Å². The lowest BCUT2D eigenvalue weighted by Crippen LogP contribution is -2.09. The van der Waals surface area contributed by atoms with Crippen LogP contribution in [-0.4, -0.2) is 13.1 Å². The zero-order valence-corrected chi connectivity index (χ0v) is 12.6. The summed E-state index contributed by atoms with van der Waals surface area (Å²) in [5.41, 5.74) is 2.05. The van der Waals surface area contributed by atoms with Gasteiger partial charge in [0.1, 0.15) is 5.75 Å². The number of halogens is 1. The van der Waals surface area contributed by atoms with Crippen LogP contribution in [0.2, 0.25) is 0 Å². The van der Waals surface area contributed by atoms with Gasteiger partial charge in [-0.3, -0.25) is 0 Å². The van der Waals surface area contributed by atoms with Gasteiger partial charge >= 0.3 is 5.97 Å². The fraction of sp³-hybridized carbons (Fsp3) is 0.167. The van der Waals surface area contributed by atoms with Gasteiger partial charge < -0.3 is 9.47 Å². The lowest BCUT2D eigenvalue weighted by atomic mass is 10.0. The first-order chi connectivity index (χ1) is 10.5. The molecule has 0 spiro atoms. The van der Waals surface area contributed by atoms with E-state index in [4.69, 9.17) is 9.47 Å². The Morgan fingerprint density at radius 2 is 1.77 bits per heavy atom. The van der Waals surface area contributed by atoms with E-state index in [1.54, 1.807) is 13.2 Å². The van der Waals surface area contributed by atoms with Crippen LogP contribution in [0.25, 0.3) is 0 Å². The molecular formula is C18H17FO3. The van der Waals surface area contributed by atoms with E-state index in [0.29, 0.717) is 6.42 Å². The minimum atomic E-state index is -0.637. The first kappa shape index (κ1) is 15.8. The largest absolute Gasteiger partial charge is 0.497 e. The highest BCUT2D eigenvalue weighted by atomic mass is 19.1. The van der Waals surface area contributed by atoms with Gasteiger partial charge in [0, 0.05) is 5.57 Å². The molecule has 0 aliphatic heterocycles. The predicted molar refractivity (Wildman–Crippen MR) is 82.6 cm³/mol. The SMILES string of the molecule is C=C(C)C(=O)Oc1ccc(Cc2ccc(OC)cc2)cc1F. The van der Waals surface area contributed by atoms with E-state index < -0.39 is 11.8 Å². The maximum absolute atomic E-state index is 14.0. The summed E-state index contributed by atoms with van der Waals surface area (Å²) < 4.78 is 24.0. The molecule has 0 bridgehead atoms. The van der Waals surface area contributed by atoms with E-state index >= 15 is 0 Å². The number of ether oxygens (including phenoxy) is 2. The summed E-state index contributed by atoms with van der Waals surface area (Å²) in [6, 6.07) is 12.1. The van der Waals surface area contributed by atoms with Crippen molar-refractivity contribution in [1.82, 2.24) is 0 Å². The fourth-order valence-electron chi connectivity index (χ4n) is 1.90. The van der Waals surface area contributed by atoms with Crippen molar-refractivity contribution in [2.45, 2.75) is 13.3 Å². The highest BCUT2D eigenvalue weighted by Crippen LogP contribution is 2.21. The number of methoxy groups -OCH3 is 1. The summed E-state index contributed by atoms with van der Waals surface area (Å²) in [4.78, 5) is 11.4. The van der Waals surface area contributed by atoms with Gasteiger partial charge in [-0.25, -0.2) is 9.18 Å². The molecule has 0 atom stereocenters. The number of esters is 1. The van der Waals surface area contributed by atoms with Crippen molar-refractivity contribution in [3.63, 3.8) is 0 Å². The van der Waals surface area contributed by atoms with Crippen molar-refractivity contribution in [3.05, 3.63) is 71.6 Å². The summed E-state index contributed by atoms with van der Waals surface area (Å²) in [5.74, 6) is -0.522. The Morgan fingerprint density at radius 3 is 2.32 bits per heavy atom. The third kappa shape index (κ3) is 3.95. The molecule has 0 saturated carbocycles. The quantitative estimate of drug-likeness (QED) is 0.477. The van der Waals surface area contributed by atoms with Crippen molar-refractivity contribution in [1.29, 1.82) is 0 Å². The van der Waals surface area contributed by atoms with Gasteiger partial charge in [0.25, 0.3) is 0 Å². The van der Waals surface area contributed by atoms with Crippen LogP contribution in [0.3, 0.4) is 0 Å². The van der Waals surface area contributed by atoms with Crippen molar-refractivity contribution in [2.75, 3.05) is 7.11 Å². The Bertz CT molecular complexity index is 690. The normalized spacial score (nSPS) is 10.1. The first-order valence-corrected chi connectivity index (χ1v) is 6.78. The van der Waals surface area contributed by atoms with Gasteiger partial charge in [-0.15, -0.1) is 0 Å². The number of carbonyl (C=O) groups excluding carboxylic acids is 1. The van der Waals surface area contributed by atoms with Crippen LogP contribution >= 0.6 is 0 Å². The molecule has 0 radical (unpaired) electrons. The van der Waals surface area contributed by atoms with E-state index in [1.807, 2.05) is 24.3 Å². The number of hydrogen-bond donors (Lipinski definition) is 0. The Hall–Kier alpha value is -2.62. The average molecular weight is 300 g/mol. The van der Waals surface area contributed by atoms with Gasteiger partial charge in [-0.05, 0) is 48.7 Å². The Kier molecular flexibility index (Phi) is 4.94. The first-order valence-electron chi connectivity index (χ1n) is 6.78. The molecular weight excluding hydrogens is 283 g/mol. The fourth-order valence-corrected chi connectivity index (χ4v) is 1.90. The lowest BCUT2D eigenvalue weighted by molar-refractivity contribution is -0.130. The molecule has 4 heteroatoms. The molecule has 0 amide bonds. The van der Waals surface area contributed by atoms with Gasteiger partial charge in [-0.1, -0.05) is 24.8 Å². The Morgan fingerprint density at radius 1 is 1.14 bits per heavy atom. The molecule has 0 aliphatic carbocycles. The summed E-state index contributed by atoms with van der Waals surface area (Å²) in [7, 11) is 1.61. The van der Waals surface area contributed by atoms with E-state index in [-0.39, 0.29) is 11.3 Å². The minimum Gasteiger partial charge on any atom is -0.497 e. The van der Waals surface area contributed by atoms with Crippen LogP contribution < -0.4 is 9.47 Å². The third-order valence-electron chi connectivity index (χ3n) is 3.11. The Labute approximate surface area is 129 Å². The smallest absolute Gasteiger partial charge is 0.338 e. The lowest BCUT2D eigenvalue weighted by Gasteiger charge is -2.08. The number of hydrogen-bond acceptors (Lipinski definition) is 3. The molecule has 0 saturated heterocycles. The van der Waals surface area contributed by atoms with E-state index in [0.717, 1.165) is 16.9 Å². The van der Waals surface area contributed by atoms with Crippen LogP contribution in [0, 0.1) is 5.82 Å². The molecule has 114 valence electrons. The van der Waals surface area contributed by atoms with Crippen molar-refractivity contribution in [2.24, 2.45) is 0 Å². The van der Waals surface area contributed by atoms with Crippen molar-refractivity contribution >= 4 is 5.97 Å². The second-order valence-corrected chi connectivity index (χ2v) is 4.96. The maximum Gasteiger partial charge on any atom is 0.338 e. The van der Waals surface area contributed by atoms with Gasteiger partial charge in [0.15, 0.2) is 11.6 Å². The highest BCUT2D eigenvalue weighted by Gasteiger charge is 2.11. The molecule has 0 aromatic heterocycles. The second-order valence-electron chi connectivity index (χ2n) is 4.96. The molecule has 0 aliphatic rings. The molecule has 0 fully saturated rings. The average Bonchev–Trinajstić information content (AvgIpc) is 2.50. The Balaban J connectivity index is 2.11. The second kappa shape index (κ2) is 6.89. The van der Waals surface area contributed by atoms with Crippen LogP contribution in [-0.2, 0) is 11.2 Å². The summed E-state index contributed by atoms with van der Waals surface area (Å²) in [5, 5.41) is 0. The molecule has 2 aromatic rings. The van der Waals surface area contributed by atoms with Crippen LogP contribution in [0.5, 0.6) is 11.5 Å². The number of benzene rings is 2. The zero-order valence-electron chi connectivity index (χ0n) is 12.6. The molecule has 0 heterocycles. The monoisotopic (exact) mass is 300 g/mol. The predicted octanol–water partition coefficient (Wildman–Crippen LogP) is 3.91. The van der Waals surface area contributed by atoms with Crippen molar-refractivity contribution in [3.8, 4) is 11.5 Å². The zero-order chi connectivity index (χ0) is 16.1. The maximum atomic E-state index is 14.0. The van der Waals surface area contributed by atoms with Crippen molar-refractivity contribution < 1.29 is 18.7 Å². The van der Waals surface area contributed by atoms with E-state index in [2.05, 4.69) is 6.58 Å². The topological polar surface area (TPSA) is 35.5 Å². The molecule has 0 unspecified atom stereocenters. The third-order valence-corrected chi connectivity index (χ3v) is 3.11.